The van der Waals surface area contributed by atoms with Gasteiger partial charge in [0, 0.05) is 19.0 Å². The Hall–Kier alpha value is -2.25. The molecule has 3 heterocycles. The second kappa shape index (κ2) is 5.39. The highest BCUT2D eigenvalue weighted by Crippen LogP contribution is 2.56. The molecule has 1 aromatic rings. The van der Waals surface area contributed by atoms with Gasteiger partial charge in [-0.05, 0) is 43.9 Å². The third-order valence-corrected chi connectivity index (χ3v) is 7.39. The van der Waals surface area contributed by atoms with E-state index in [1.54, 1.807) is 4.90 Å². The fourth-order valence-corrected chi connectivity index (χ4v) is 5.90. The lowest BCUT2D eigenvalue weighted by atomic mass is 9.81. The smallest absolute Gasteiger partial charge is 0.243 e. The maximum absolute atomic E-state index is 12.8. The van der Waals surface area contributed by atoms with Crippen LogP contribution in [0, 0.1) is 23.7 Å². The van der Waals surface area contributed by atoms with Gasteiger partial charge in [0.05, 0.1) is 18.4 Å². The van der Waals surface area contributed by atoms with Crippen molar-refractivity contribution >= 4 is 17.7 Å². The zero-order valence-corrected chi connectivity index (χ0v) is 15.2. The van der Waals surface area contributed by atoms with Crippen LogP contribution >= 0.6 is 0 Å². The molecule has 0 unspecified atom stereocenters. The van der Waals surface area contributed by atoms with Gasteiger partial charge >= 0.3 is 0 Å². The highest BCUT2D eigenvalue weighted by Gasteiger charge is 2.61. The Balaban J connectivity index is 1.16. The third kappa shape index (κ3) is 2.18. The average molecular weight is 369 g/mol. The highest BCUT2D eigenvalue weighted by molar-refractivity contribution is 6.08. The third-order valence-electron chi connectivity index (χ3n) is 7.39. The van der Waals surface area contributed by atoms with Crippen molar-refractivity contribution < 1.29 is 14.4 Å². The molecule has 3 saturated carbocycles. The molecular weight excluding hydrogens is 346 g/mol. The van der Waals surface area contributed by atoms with Crippen molar-refractivity contribution in [3.8, 4) is 0 Å². The van der Waals surface area contributed by atoms with E-state index in [-0.39, 0.29) is 36.1 Å². The van der Waals surface area contributed by atoms with Gasteiger partial charge in [-0.25, -0.2) is 0 Å². The second-order valence-electron chi connectivity index (χ2n) is 8.86. The lowest BCUT2D eigenvalue weighted by molar-refractivity contribution is -0.147. The van der Waals surface area contributed by atoms with Gasteiger partial charge in [-0.3, -0.25) is 19.3 Å². The topological polar surface area (TPSA) is 88.4 Å². The molecule has 0 aromatic carbocycles. The Morgan fingerprint density at radius 1 is 0.963 bits per heavy atom. The number of imide groups is 1. The van der Waals surface area contributed by atoms with E-state index in [1.165, 1.54) is 17.7 Å². The van der Waals surface area contributed by atoms with Gasteiger partial charge in [-0.1, -0.05) is 0 Å². The van der Waals surface area contributed by atoms with Crippen LogP contribution in [0.4, 0.5) is 0 Å². The summed E-state index contributed by atoms with van der Waals surface area (Å²) in [5, 5.41) is 8.56. The number of carbonyl (C=O) groups excluding carboxylic acids is 3. The van der Waals surface area contributed by atoms with E-state index in [2.05, 4.69) is 14.8 Å². The van der Waals surface area contributed by atoms with Crippen LogP contribution in [0.5, 0.6) is 0 Å². The standard InChI is InChI=1S/C19H23N5O3/c25-14(22-5-6-23-13(8-22)20-21-17(23)10-1-2-10)9-24-18(26)15-11-3-4-12(7-11)16(15)19(24)27/h10-12,15-16H,1-9H2/t11-,12-,15+,16+/m0/s1. The largest absolute Gasteiger partial charge is 0.332 e. The average Bonchev–Trinajstić information content (AvgIpc) is 3.04. The van der Waals surface area contributed by atoms with Gasteiger partial charge in [0.2, 0.25) is 17.7 Å². The molecular formula is C19H23N5O3. The van der Waals surface area contributed by atoms with E-state index in [9.17, 15) is 14.4 Å². The lowest BCUT2D eigenvalue weighted by Crippen LogP contribution is -2.46. The summed E-state index contributed by atoms with van der Waals surface area (Å²) in [5.41, 5.74) is 0. The monoisotopic (exact) mass is 369 g/mol. The number of nitrogens with zero attached hydrogens (tertiary/aromatic N) is 5. The Kier molecular flexibility index (Phi) is 3.15. The molecule has 8 heteroatoms. The molecule has 2 aliphatic heterocycles. The van der Waals surface area contributed by atoms with Crippen LogP contribution in [0.1, 0.15) is 49.7 Å². The summed E-state index contributed by atoms with van der Waals surface area (Å²) in [6.07, 6.45) is 5.46. The first-order valence-corrected chi connectivity index (χ1v) is 10.2. The van der Waals surface area contributed by atoms with Crippen molar-refractivity contribution in [3.05, 3.63) is 11.6 Å². The number of fused-ring (bicyclic) bond motifs is 6. The van der Waals surface area contributed by atoms with Crippen molar-refractivity contribution in [2.75, 3.05) is 13.1 Å². The number of hydrogen-bond donors (Lipinski definition) is 0. The van der Waals surface area contributed by atoms with Crippen LogP contribution < -0.4 is 0 Å². The first-order valence-electron chi connectivity index (χ1n) is 10.2. The summed E-state index contributed by atoms with van der Waals surface area (Å²) in [6, 6.07) is 0. The van der Waals surface area contributed by atoms with Gasteiger partial charge in [-0.15, -0.1) is 10.2 Å². The quantitative estimate of drug-likeness (QED) is 0.725. The summed E-state index contributed by atoms with van der Waals surface area (Å²) in [7, 11) is 0. The minimum atomic E-state index is -0.161. The minimum Gasteiger partial charge on any atom is -0.332 e. The molecule has 0 spiro atoms. The van der Waals surface area contributed by atoms with Gasteiger partial charge in [0.1, 0.15) is 12.4 Å². The first kappa shape index (κ1) is 15.8. The summed E-state index contributed by atoms with van der Waals surface area (Å²) >= 11 is 0. The molecule has 5 aliphatic rings. The van der Waals surface area contributed by atoms with E-state index in [4.69, 9.17) is 0 Å². The van der Waals surface area contributed by atoms with Crippen LogP contribution in [0.2, 0.25) is 0 Å². The highest BCUT2D eigenvalue weighted by atomic mass is 16.2. The summed E-state index contributed by atoms with van der Waals surface area (Å²) in [4.78, 5) is 41.4. The predicted molar refractivity (Wildman–Crippen MR) is 91.9 cm³/mol. The van der Waals surface area contributed by atoms with Crippen LogP contribution in [0.15, 0.2) is 0 Å². The molecule has 4 atom stereocenters. The maximum Gasteiger partial charge on any atom is 0.243 e. The Morgan fingerprint density at radius 3 is 2.33 bits per heavy atom. The van der Waals surface area contributed by atoms with E-state index in [0.717, 1.165) is 30.9 Å². The lowest BCUT2D eigenvalue weighted by Gasteiger charge is -2.29. The van der Waals surface area contributed by atoms with Crippen LogP contribution in [0.25, 0.3) is 0 Å². The minimum absolute atomic E-state index is 0.109. The molecule has 6 rings (SSSR count). The molecule has 142 valence electrons. The van der Waals surface area contributed by atoms with E-state index >= 15 is 0 Å². The Bertz CT molecular complexity index is 832. The normalized spacial score (nSPS) is 34.4. The molecule has 3 amide bonds. The zero-order chi connectivity index (χ0) is 18.3. The Labute approximate surface area is 156 Å². The van der Waals surface area contributed by atoms with Crippen molar-refractivity contribution in [2.24, 2.45) is 23.7 Å². The summed E-state index contributed by atoms with van der Waals surface area (Å²) in [5.74, 6) is 2.40. The summed E-state index contributed by atoms with van der Waals surface area (Å²) < 4.78 is 2.13. The van der Waals surface area contributed by atoms with Gasteiger partial charge in [0.25, 0.3) is 0 Å². The Morgan fingerprint density at radius 2 is 1.67 bits per heavy atom. The predicted octanol–water partition coefficient (Wildman–Crippen LogP) is 0.529. The van der Waals surface area contributed by atoms with E-state index < -0.39 is 0 Å². The van der Waals surface area contributed by atoms with Crippen LogP contribution in [-0.2, 0) is 27.5 Å². The maximum atomic E-state index is 12.8. The SMILES string of the molecule is O=C(CN1C(=O)[C@@H]2[C@H]3CC[C@@H](C3)[C@H]2C1=O)N1CCn2c(nnc2C2CC2)C1. The molecule has 0 N–H and O–H groups in total. The second-order valence-corrected chi connectivity index (χ2v) is 8.86. The molecule has 1 aromatic heterocycles. The number of likely N-dealkylation sites (tertiary alicyclic amines) is 1. The van der Waals surface area contributed by atoms with Crippen LogP contribution in [-0.4, -0.2) is 55.4 Å². The van der Waals surface area contributed by atoms with Crippen molar-refractivity contribution in [2.45, 2.75) is 51.1 Å². The zero-order valence-electron chi connectivity index (χ0n) is 15.2. The van der Waals surface area contributed by atoms with E-state index in [0.29, 0.717) is 37.4 Å². The molecule has 3 aliphatic carbocycles. The summed E-state index contributed by atoms with van der Waals surface area (Å²) in [6.45, 7) is 1.57. The van der Waals surface area contributed by atoms with Crippen molar-refractivity contribution in [1.82, 2.24) is 24.6 Å². The van der Waals surface area contributed by atoms with Gasteiger partial charge in [-0.2, -0.15) is 0 Å². The molecule has 0 radical (unpaired) electrons. The van der Waals surface area contributed by atoms with Crippen molar-refractivity contribution in [1.29, 1.82) is 0 Å². The number of carbonyl (C=O) groups is 3. The van der Waals surface area contributed by atoms with Gasteiger partial charge in [0.15, 0.2) is 5.82 Å². The number of aromatic nitrogens is 3. The van der Waals surface area contributed by atoms with Crippen molar-refractivity contribution in [3.63, 3.8) is 0 Å². The van der Waals surface area contributed by atoms with E-state index in [1.807, 2.05) is 0 Å². The number of rotatable bonds is 3. The fourth-order valence-electron chi connectivity index (χ4n) is 5.90. The molecule has 2 bridgehead atoms. The molecule has 4 fully saturated rings. The van der Waals surface area contributed by atoms with Crippen LogP contribution in [0.3, 0.4) is 0 Å². The number of amides is 3. The fraction of sp³-hybridized carbons (Fsp3) is 0.737. The first-order chi connectivity index (χ1) is 13.1. The molecule has 27 heavy (non-hydrogen) atoms. The molecule has 1 saturated heterocycles. The van der Waals surface area contributed by atoms with Gasteiger partial charge < -0.3 is 9.47 Å². The molecule has 8 nitrogen and oxygen atoms in total. The number of hydrogen-bond acceptors (Lipinski definition) is 5.